The molecule has 0 heterocycles. The van der Waals surface area contributed by atoms with E-state index in [1.807, 2.05) is 5.92 Å². The highest BCUT2D eigenvalue weighted by molar-refractivity contribution is 5.87. The minimum absolute atomic E-state index is 0.0681. The van der Waals surface area contributed by atoms with Crippen LogP contribution in [-0.4, -0.2) is 12.1 Å². The van der Waals surface area contributed by atoms with Crippen LogP contribution >= 0.6 is 0 Å². The summed E-state index contributed by atoms with van der Waals surface area (Å²) in [5, 5.41) is 0. The summed E-state index contributed by atoms with van der Waals surface area (Å²) >= 11 is 0. The Kier molecular flexibility index (Phi) is 2.06. The summed E-state index contributed by atoms with van der Waals surface area (Å²) in [7, 11) is 0. The first-order valence-electron chi connectivity index (χ1n) is 5.23. The zero-order valence-corrected chi connectivity index (χ0v) is 8.75. The van der Waals surface area contributed by atoms with Crippen molar-refractivity contribution in [3.8, 4) is 12.3 Å². The van der Waals surface area contributed by atoms with Gasteiger partial charge in [0.2, 0.25) is 0 Å². The van der Waals surface area contributed by atoms with Crippen LogP contribution in [-0.2, 0) is 9.53 Å². The van der Waals surface area contributed by atoms with Gasteiger partial charge in [0.1, 0.15) is 6.10 Å². The first-order chi connectivity index (χ1) is 6.55. The van der Waals surface area contributed by atoms with Crippen LogP contribution in [0.15, 0.2) is 0 Å². The van der Waals surface area contributed by atoms with Gasteiger partial charge < -0.3 is 4.74 Å². The third-order valence-corrected chi connectivity index (χ3v) is 4.17. The highest BCUT2D eigenvalue weighted by atomic mass is 16.5. The summed E-state index contributed by atoms with van der Waals surface area (Å²) in [6.45, 7) is 4.53. The minimum atomic E-state index is -0.504. The molecule has 2 bridgehead atoms. The molecule has 3 fully saturated rings. The van der Waals surface area contributed by atoms with Crippen LogP contribution in [0.25, 0.3) is 0 Å². The van der Waals surface area contributed by atoms with Crippen molar-refractivity contribution in [3.05, 3.63) is 0 Å². The first-order valence-corrected chi connectivity index (χ1v) is 5.23. The van der Waals surface area contributed by atoms with Gasteiger partial charge in [-0.15, -0.1) is 6.42 Å². The molecule has 0 amide bonds. The molecule has 3 rings (SSSR count). The lowest BCUT2D eigenvalue weighted by Gasteiger charge is -2.59. The standard InChI is InChI=1S/C12H16O2/c1-4-11(13)14-10-6-5-8-7-9(10)12(8,2)3/h1,8-10H,5-7H2,2-3H3/t8-,9+,10-/m0/s1. The van der Waals surface area contributed by atoms with Crippen LogP contribution in [0.5, 0.6) is 0 Å². The molecule has 14 heavy (non-hydrogen) atoms. The molecule has 76 valence electrons. The van der Waals surface area contributed by atoms with Crippen molar-refractivity contribution < 1.29 is 9.53 Å². The van der Waals surface area contributed by atoms with Gasteiger partial charge in [0.15, 0.2) is 0 Å². The monoisotopic (exact) mass is 192 g/mol. The minimum Gasteiger partial charge on any atom is -0.452 e. The van der Waals surface area contributed by atoms with Crippen LogP contribution in [0.1, 0.15) is 33.1 Å². The quantitative estimate of drug-likeness (QED) is 0.361. The van der Waals surface area contributed by atoms with E-state index in [2.05, 4.69) is 13.8 Å². The second kappa shape index (κ2) is 3.02. The van der Waals surface area contributed by atoms with Crippen LogP contribution in [0.4, 0.5) is 0 Å². The fourth-order valence-electron chi connectivity index (χ4n) is 3.06. The van der Waals surface area contributed by atoms with Crippen molar-refractivity contribution >= 4 is 5.97 Å². The zero-order valence-electron chi connectivity index (χ0n) is 8.75. The lowest BCUT2D eigenvalue weighted by molar-refractivity contribution is -0.176. The molecule has 2 nitrogen and oxygen atoms in total. The SMILES string of the molecule is C#CC(=O)O[C@H]1CC[C@H]2C[C@H]1C2(C)C. The van der Waals surface area contributed by atoms with E-state index in [1.165, 1.54) is 12.8 Å². The fraction of sp³-hybridized carbons (Fsp3) is 0.750. The Morgan fingerprint density at radius 3 is 2.71 bits per heavy atom. The molecule has 0 unspecified atom stereocenters. The number of hydrogen-bond acceptors (Lipinski definition) is 2. The number of carbonyl (C=O) groups is 1. The number of esters is 1. The maximum atomic E-state index is 11.0. The van der Waals surface area contributed by atoms with Gasteiger partial charge in [0.05, 0.1) is 0 Å². The first kappa shape index (κ1) is 9.58. The Hall–Kier alpha value is -0.970. The second-order valence-electron chi connectivity index (χ2n) is 5.03. The molecule has 0 spiro atoms. The van der Waals surface area contributed by atoms with Crippen molar-refractivity contribution in [3.63, 3.8) is 0 Å². The molecule has 3 saturated carbocycles. The van der Waals surface area contributed by atoms with E-state index >= 15 is 0 Å². The third-order valence-electron chi connectivity index (χ3n) is 4.17. The molecule has 3 aliphatic rings. The summed E-state index contributed by atoms with van der Waals surface area (Å²) in [5.74, 6) is 2.87. The fourth-order valence-corrected chi connectivity index (χ4v) is 3.06. The van der Waals surface area contributed by atoms with Gasteiger partial charge in [-0.1, -0.05) is 13.8 Å². The molecular formula is C12H16O2. The van der Waals surface area contributed by atoms with Crippen molar-refractivity contribution in [2.24, 2.45) is 17.3 Å². The summed E-state index contributed by atoms with van der Waals surface area (Å²) in [6.07, 6.45) is 8.43. The van der Waals surface area contributed by atoms with E-state index in [9.17, 15) is 4.79 Å². The molecule has 0 aromatic rings. The zero-order chi connectivity index (χ0) is 10.3. The van der Waals surface area contributed by atoms with E-state index < -0.39 is 5.97 Å². The molecule has 3 aliphatic carbocycles. The Bertz CT molecular complexity index is 296. The summed E-state index contributed by atoms with van der Waals surface area (Å²) < 4.78 is 5.25. The molecular weight excluding hydrogens is 176 g/mol. The van der Waals surface area contributed by atoms with Crippen molar-refractivity contribution in [1.29, 1.82) is 0 Å². The highest BCUT2D eigenvalue weighted by Gasteiger charge is 2.55. The highest BCUT2D eigenvalue weighted by Crippen LogP contribution is 2.59. The van der Waals surface area contributed by atoms with Crippen LogP contribution in [0.3, 0.4) is 0 Å². The van der Waals surface area contributed by atoms with Crippen LogP contribution in [0, 0.1) is 29.6 Å². The van der Waals surface area contributed by atoms with Crippen LogP contribution in [0.2, 0.25) is 0 Å². The second-order valence-corrected chi connectivity index (χ2v) is 5.03. The van der Waals surface area contributed by atoms with Gasteiger partial charge in [0, 0.05) is 11.8 Å². The lowest BCUT2D eigenvalue weighted by atomic mass is 9.48. The third kappa shape index (κ3) is 1.23. The van der Waals surface area contributed by atoms with E-state index in [4.69, 9.17) is 11.2 Å². The molecule has 0 N–H and O–H groups in total. The average Bonchev–Trinajstić information content (AvgIpc) is 2.17. The van der Waals surface area contributed by atoms with Gasteiger partial charge in [-0.25, -0.2) is 4.79 Å². The van der Waals surface area contributed by atoms with Crippen molar-refractivity contribution in [2.45, 2.75) is 39.2 Å². The molecule has 0 radical (unpaired) electrons. The Morgan fingerprint density at radius 1 is 1.50 bits per heavy atom. The van der Waals surface area contributed by atoms with Crippen LogP contribution < -0.4 is 0 Å². The van der Waals surface area contributed by atoms with E-state index in [0.29, 0.717) is 11.3 Å². The van der Waals surface area contributed by atoms with Gasteiger partial charge >= 0.3 is 5.97 Å². The maximum absolute atomic E-state index is 11.0. The molecule has 0 aliphatic heterocycles. The molecule has 2 heteroatoms. The number of carbonyl (C=O) groups excluding carboxylic acids is 1. The summed E-state index contributed by atoms with van der Waals surface area (Å²) in [4.78, 5) is 11.0. The van der Waals surface area contributed by atoms with E-state index in [-0.39, 0.29) is 6.10 Å². The maximum Gasteiger partial charge on any atom is 0.384 e. The number of ether oxygens (including phenoxy) is 1. The molecule has 0 aromatic heterocycles. The van der Waals surface area contributed by atoms with Crippen molar-refractivity contribution in [1.82, 2.24) is 0 Å². The largest absolute Gasteiger partial charge is 0.452 e. The smallest absolute Gasteiger partial charge is 0.384 e. The van der Waals surface area contributed by atoms with Gasteiger partial charge in [-0.2, -0.15) is 0 Å². The van der Waals surface area contributed by atoms with Gasteiger partial charge in [0.25, 0.3) is 0 Å². The Labute approximate surface area is 85.0 Å². The average molecular weight is 192 g/mol. The van der Waals surface area contributed by atoms with Gasteiger partial charge in [-0.05, 0) is 30.6 Å². The number of terminal acetylenes is 1. The normalized spacial score (nSPS) is 37.9. The predicted molar refractivity (Wildman–Crippen MR) is 53.3 cm³/mol. The van der Waals surface area contributed by atoms with Crippen molar-refractivity contribution in [2.75, 3.05) is 0 Å². The number of hydrogen-bond donors (Lipinski definition) is 0. The Morgan fingerprint density at radius 2 is 2.21 bits per heavy atom. The summed E-state index contributed by atoms with van der Waals surface area (Å²) in [5.41, 5.74) is 0.345. The Balaban J connectivity index is 2.02. The topological polar surface area (TPSA) is 26.3 Å². The number of rotatable bonds is 1. The summed E-state index contributed by atoms with van der Waals surface area (Å²) in [6, 6.07) is 0. The lowest BCUT2D eigenvalue weighted by Crippen LogP contribution is -2.55. The number of fused-ring (bicyclic) bond motifs is 2. The van der Waals surface area contributed by atoms with E-state index in [0.717, 1.165) is 12.3 Å². The molecule has 0 saturated heterocycles. The van der Waals surface area contributed by atoms with Gasteiger partial charge in [-0.3, -0.25) is 0 Å². The predicted octanol–water partition coefficient (Wildman–Crippen LogP) is 1.99. The molecule has 3 atom stereocenters. The van der Waals surface area contributed by atoms with E-state index in [1.54, 1.807) is 0 Å². The molecule has 0 aromatic carbocycles.